The van der Waals surface area contributed by atoms with Gasteiger partial charge in [0.1, 0.15) is 5.69 Å². The van der Waals surface area contributed by atoms with Crippen molar-refractivity contribution in [1.82, 2.24) is 4.98 Å². The molecule has 7 heteroatoms. The predicted molar refractivity (Wildman–Crippen MR) is 74.4 cm³/mol. The first-order chi connectivity index (χ1) is 9.93. The van der Waals surface area contributed by atoms with E-state index in [-0.39, 0.29) is 6.54 Å². The maximum absolute atomic E-state index is 13.6. The van der Waals surface area contributed by atoms with Gasteiger partial charge in [0.25, 0.3) is 11.9 Å². The summed E-state index contributed by atoms with van der Waals surface area (Å²) in [5, 5.41) is 0. The summed E-state index contributed by atoms with van der Waals surface area (Å²) >= 11 is 1.56. The van der Waals surface area contributed by atoms with E-state index in [4.69, 9.17) is 0 Å². The topological polar surface area (TPSA) is 16.1 Å². The summed E-state index contributed by atoms with van der Waals surface area (Å²) in [7, 11) is 1.35. The summed E-state index contributed by atoms with van der Waals surface area (Å²) < 4.78 is 53.4. The zero-order valence-corrected chi connectivity index (χ0v) is 12.1. The first kappa shape index (κ1) is 15.6. The molecule has 0 bridgehead atoms. The number of halogens is 4. The molecular formula is C14H12F4N2S. The van der Waals surface area contributed by atoms with Gasteiger partial charge in [0.05, 0.1) is 0 Å². The van der Waals surface area contributed by atoms with E-state index in [2.05, 4.69) is 4.98 Å². The predicted octanol–water partition coefficient (Wildman–Crippen LogP) is 4.00. The normalized spacial score (nSPS) is 10.8. The Morgan fingerprint density at radius 2 is 1.52 bits per heavy atom. The van der Waals surface area contributed by atoms with Crippen molar-refractivity contribution >= 4 is 17.4 Å². The van der Waals surface area contributed by atoms with Gasteiger partial charge in [0.2, 0.25) is 11.6 Å². The van der Waals surface area contributed by atoms with Crippen LogP contribution in [0.1, 0.15) is 5.56 Å². The molecule has 0 aliphatic heterocycles. The van der Waals surface area contributed by atoms with Crippen molar-refractivity contribution in [3.05, 3.63) is 53.4 Å². The van der Waals surface area contributed by atoms with E-state index in [0.29, 0.717) is 0 Å². The number of hydrogen-bond acceptors (Lipinski definition) is 3. The lowest BCUT2D eigenvalue weighted by Crippen LogP contribution is -2.21. The summed E-state index contributed by atoms with van der Waals surface area (Å²) in [6.45, 7) is 0.103. The maximum Gasteiger partial charge on any atom is 0.253 e. The van der Waals surface area contributed by atoms with E-state index < -0.39 is 29.2 Å². The number of pyridine rings is 1. The third-order valence-electron chi connectivity index (χ3n) is 2.93. The minimum atomic E-state index is -1.66. The van der Waals surface area contributed by atoms with Crippen LogP contribution in [0.5, 0.6) is 0 Å². The maximum atomic E-state index is 13.6. The van der Waals surface area contributed by atoms with Crippen molar-refractivity contribution in [2.45, 2.75) is 11.4 Å². The molecule has 1 aromatic heterocycles. The third-order valence-corrected chi connectivity index (χ3v) is 3.68. The molecule has 1 aromatic carbocycles. The van der Waals surface area contributed by atoms with Crippen LogP contribution < -0.4 is 4.90 Å². The summed E-state index contributed by atoms with van der Waals surface area (Å²) in [6, 6.07) is 7.28. The molecule has 0 N–H and O–H groups in total. The van der Waals surface area contributed by atoms with Crippen LogP contribution in [0.25, 0.3) is 0 Å². The Labute approximate surface area is 123 Å². The number of nitrogens with zero attached hydrogens (tertiary/aromatic N) is 2. The first-order valence-corrected chi connectivity index (χ1v) is 7.20. The molecule has 0 amide bonds. The molecule has 112 valence electrons. The van der Waals surface area contributed by atoms with Gasteiger partial charge in [-0.2, -0.15) is 22.5 Å². The van der Waals surface area contributed by atoms with E-state index in [1.54, 1.807) is 23.9 Å². The molecule has 0 saturated heterocycles. The highest BCUT2D eigenvalue weighted by atomic mass is 32.2. The molecule has 0 aliphatic rings. The number of hydrogen-bond donors (Lipinski definition) is 0. The van der Waals surface area contributed by atoms with Gasteiger partial charge >= 0.3 is 0 Å². The lowest BCUT2D eigenvalue weighted by molar-refractivity contribution is 0.407. The van der Waals surface area contributed by atoms with Gasteiger partial charge in [-0.05, 0) is 24.0 Å². The van der Waals surface area contributed by atoms with Gasteiger partial charge in [-0.3, -0.25) is 0 Å². The number of benzene rings is 1. The summed E-state index contributed by atoms with van der Waals surface area (Å²) in [4.78, 5) is 4.68. The number of anilines is 1. The standard InChI is InChI=1S/C14H12F4N2S/c1-20(7-8-3-5-9(21-2)6-4-8)12-10(15)13(17)19-14(18)11(12)16/h3-6H,7H2,1-2H3. The third kappa shape index (κ3) is 3.29. The van der Waals surface area contributed by atoms with Crippen LogP contribution in [0, 0.1) is 23.5 Å². The highest BCUT2D eigenvalue weighted by Crippen LogP contribution is 2.26. The molecule has 0 fully saturated rings. The first-order valence-electron chi connectivity index (χ1n) is 5.98. The van der Waals surface area contributed by atoms with E-state index >= 15 is 0 Å². The molecule has 21 heavy (non-hydrogen) atoms. The smallest absolute Gasteiger partial charge is 0.253 e. The average Bonchev–Trinajstić information content (AvgIpc) is 2.46. The van der Waals surface area contributed by atoms with Crippen LogP contribution in [0.15, 0.2) is 29.2 Å². The van der Waals surface area contributed by atoms with Crippen molar-refractivity contribution < 1.29 is 17.6 Å². The molecule has 0 unspecified atom stereocenters. The zero-order valence-electron chi connectivity index (χ0n) is 11.3. The van der Waals surface area contributed by atoms with Crippen LogP contribution in [-0.2, 0) is 6.54 Å². The van der Waals surface area contributed by atoms with Crippen LogP contribution in [0.4, 0.5) is 23.2 Å². The molecular weight excluding hydrogens is 304 g/mol. The molecule has 2 nitrogen and oxygen atoms in total. The molecule has 0 saturated carbocycles. The fourth-order valence-corrected chi connectivity index (χ4v) is 2.30. The van der Waals surface area contributed by atoms with Crippen molar-refractivity contribution in [2.24, 2.45) is 0 Å². The van der Waals surface area contributed by atoms with Gasteiger partial charge in [-0.15, -0.1) is 11.8 Å². The Hall–Kier alpha value is -1.76. The minimum absolute atomic E-state index is 0.103. The Morgan fingerprint density at radius 1 is 1.00 bits per heavy atom. The fourth-order valence-electron chi connectivity index (χ4n) is 1.90. The summed E-state index contributed by atoms with van der Waals surface area (Å²) in [6.07, 6.45) is 1.93. The monoisotopic (exact) mass is 316 g/mol. The van der Waals surface area contributed by atoms with Gasteiger partial charge in [0, 0.05) is 18.5 Å². The van der Waals surface area contributed by atoms with Crippen molar-refractivity contribution in [3.63, 3.8) is 0 Å². The Balaban J connectivity index is 2.29. The van der Waals surface area contributed by atoms with E-state index in [1.165, 1.54) is 7.05 Å². The zero-order chi connectivity index (χ0) is 15.6. The Kier molecular flexibility index (Phi) is 4.72. The Bertz CT molecular complexity index is 620. The highest BCUT2D eigenvalue weighted by Gasteiger charge is 2.23. The molecule has 2 aromatic rings. The quantitative estimate of drug-likeness (QED) is 0.482. The number of rotatable bonds is 4. The van der Waals surface area contributed by atoms with Gasteiger partial charge < -0.3 is 4.90 Å². The molecule has 2 rings (SSSR count). The van der Waals surface area contributed by atoms with Crippen molar-refractivity contribution in [2.75, 3.05) is 18.2 Å². The van der Waals surface area contributed by atoms with E-state index in [9.17, 15) is 17.6 Å². The number of thioether (sulfide) groups is 1. The molecule has 0 aliphatic carbocycles. The number of aromatic nitrogens is 1. The van der Waals surface area contributed by atoms with Crippen LogP contribution in [0.3, 0.4) is 0 Å². The van der Waals surface area contributed by atoms with Crippen LogP contribution in [0.2, 0.25) is 0 Å². The van der Waals surface area contributed by atoms with Crippen LogP contribution in [-0.4, -0.2) is 18.3 Å². The molecule has 0 radical (unpaired) electrons. The SMILES string of the molecule is CSc1ccc(CN(C)c2c(F)c(F)nc(F)c2F)cc1. The second kappa shape index (κ2) is 6.34. The van der Waals surface area contributed by atoms with Gasteiger partial charge in [-0.1, -0.05) is 12.1 Å². The second-order valence-electron chi connectivity index (χ2n) is 4.37. The molecule has 1 heterocycles. The Morgan fingerprint density at radius 3 is 2.00 bits per heavy atom. The molecule has 0 spiro atoms. The lowest BCUT2D eigenvalue weighted by Gasteiger charge is -2.20. The van der Waals surface area contributed by atoms with Gasteiger partial charge in [0.15, 0.2) is 0 Å². The fraction of sp³-hybridized carbons (Fsp3) is 0.214. The van der Waals surface area contributed by atoms with Crippen molar-refractivity contribution in [1.29, 1.82) is 0 Å². The molecule has 0 atom stereocenters. The van der Waals surface area contributed by atoms with E-state index in [0.717, 1.165) is 15.4 Å². The van der Waals surface area contributed by atoms with Crippen molar-refractivity contribution in [3.8, 4) is 0 Å². The lowest BCUT2D eigenvalue weighted by atomic mass is 10.2. The van der Waals surface area contributed by atoms with Gasteiger partial charge in [-0.25, -0.2) is 0 Å². The van der Waals surface area contributed by atoms with Crippen LogP contribution >= 0.6 is 11.8 Å². The second-order valence-corrected chi connectivity index (χ2v) is 5.25. The van der Waals surface area contributed by atoms with E-state index in [1.807, 2.05) is 18.4 Å². The minimum Gasteiger partial charge on any atom is -0.365 e. The average molecular weight is 316 g/mol. The highest BCUT2D eigenvalue weighted by molar-refractivity contribution is 7.98. The summed E-state index contributed by atoms with van der Waals surface area (Å²) in [5.41, 5.74) is -0.0133. The summed E-state index contributed by atoms with van der Waals surface area (Å²) in [5.74, 6) is -6.32. The largest absolute Gasteiger partial charge is 0.365 e.